The summed E-state index contributed by atoms with van der Waals surface area (Å²) in [6.45, 7) is 4.42. The minimum absolute atomic E-state index is 0.364. The molecule has 1 atom stereocenters. The van der Waals surface area contributed by atoms with Crippen LogP contribution in [0.3, 0.4) is 0 Å². The predicted octanol–water partition coefficient (Wildman–Crippen LogP) is 3.65. The Morgan fingerprint density at radius 3 is 2.65 bits per heavy atom. The van der Waals surface area contributed by atoms with Crippen LogP contribution in [-0.4, -0.2) is 6.54 Å². The van der Waals surface area contributed by atoms with Gasteiger partial charge in [-0.25, -0.2) is 8.78 Å². The second-order valence-electron chi connectivity index (χ2n) is 5.13. The van der Waals surface area contributed by atoms with E-state index >= 15 is 0 Å². The van der Waals surface area contributed by atoms with Gasteiger partial charge in [-0.3, -0.25) is 0 Å². The van der Waals surface area contributed by atoms with E-state index in [1.54, 1.807) is 19.1 Å². The molecule has 2 rings (SSSR count). The number of hydrogen-bond donors (Lipinski definition) is 1. The van der Waals surface area contributed by atoms with Crippen molar-refractivity contribution in [3.63, 3.8) is 0 Å². The average Bonchev–Trinajstić information content (AvgIpc) is 2.52. The van der Waals surface area contributed by atoms with Gasteiger partial charge in [0.2, 0.25) is 0 Å². The summed E-state index contributed by atoms with van der Waals surface area (Å²) < 4.78 is 27.6. The fraction of sp³-hybridized carbons (Fsp3) is 0.571. The molecule has 3 heteroatoms. The molecule has 0 aromatic heterocycles. The molecule has 0 spiro atoms. The maximum atomic E-state index is 14.0. The van der Waals surface area contributed by atoms with Gasteiger partial charge in [0.25, 0.3) is 0 Å². The third kappa shape index (κ3) is 2.34. The second kappa shape index (κ2) is 4.73. The zero-order valence-electron chi connectivity index (χ0n) is 10.4. The fourth-order valence-corrected chi connectivity index (χ4v) is 2.54. The van der Waals surface area contributed by atoms with Crippen molar-refractivity contribution in [2.45, 2.75) is 45.1 Å². The first kappa shape index (κ1) is 12.5. The standard InChI is InChI=1S/C14H19F2N/c1-10-6-7-11(13(16)12(10)15)14(2)8-4-3-5-9-17-14/h6-7,17H,3-5,8-9H2,1-2H3. The molecule has 1 aromatic carbocycles. The lowest BCUT2D eigenvalue weighted by Gasteiger charge is -2.30. The molecule has 17 heavy (non-hydrogen) atoms. The SMILES string of the molecule is Cc1ccc(C2(C)CCCCCN2)c(F)c1F. The van der Waals surface area contributed by atoms with Crippen LogP contribution >= 0.6 is 0 Å². The van der Waals surface area contributed by atoms with Gasteiger partial charge in [0, 0.05) is 11.1 Å². The van der Waals surface area contributed by atoms with E-state index in [1.165, 1.54) is 0 Å². The molecular formula is C14H19F2N. The topological polar surface area (TPSA) is 12.0 Å². The normalized spacial score (nSPS) is 25.6. The van der Waals surface area contributed by atoms with Crippen LogP contribution < -0.4 is 5.32 Å². The van der Waals surface area contributed by atoms with Crippen LogP contribution in [0, 0.1) is 18.6 Å². The molecular weight excluding hydrogens is 220 g/mol. The van der Waals surface area contributed by atoms with E-state index in [1.807, 2.05) is 6.92 Å². The minimum Gasteiger partial charge on any atom is -0.308 e. The van der Waals surface area contributed by atoms with E-state index in [2.05, 4.69) is 5.32 Å². The Labute approximate surface area is 101 Å². The molecule has 1 N–H and O–H groups in total. The summed E-state index contributed by atoms with van der Waals surface area (Å²) in [5, 5.41) is 3.36. The molecule has 94 valence electrons. The minimum atomic E-state index is -0.713. The molecule has 1 aliphatic heterocycles. The highest BCUT2D eigenvalue weighted by molar-refractivity contribution is 5.31. The number of rotatable bonds is 1. The van der Waals surface area contributed by atoms with Crippen molar-refractivity contribution in [1.82, 2.24) is 5.32 Å². The van der Waals surface area contributed by atoms with Gasteiger partial charge >= 0.3 is 0 Å². The van der Waals surface area contributed by atoms with Crippen molar-refractivity contribution in [3.8, 4) is 0 Å². The summed E-state index contributed by atoms with van der Waals surface area (Å²) in [7, 11) is 0. The van der Waals surface area contributed by atoms with Crippen LogP contribution in [-0.2, 0) is 5.54 Å². The monoisotopic (exact) mass is 239 g/mol. The number of aryl methyl sites for hydroxylation is 1. The first-order valence-corrected chi connectivity index (χ1v) is 6.25. The third-order valence-electron chi connectivity index (χ3n) is 3.74. The molecule has 1 unspecified atom stereocenters. The summed E-state index contributed by atoms with van der Waals surface area (Å²) in [4.78, 5) is 0. The Kier molecular flexibility index (Phi) is 3.48. The molecule has 0 radical (unpaired) electrons. The summed E-state index contributed by atoms with van der Waals surface area (Å²) in [5.74, 6) is -1.41. The number of hydrogen-bond acceptors (Lipinski definition) is 1. The molecule has 1 heterocycles. The van der Waals surface area contributed by atoms with E-state index in [0.717, 1.165) is 32.2 Å². The Morgan fingerprint density at radius 2 is 1.88 bits per heavy atom. The highest BCUT2D eigenvalue weighted by Crippen LogP contribution is 2.32. The molecule has 1 fully saturated rings. The molecule has 0 amide bonds. The molecule has 0 saturated carbocycles. The van der Waals surface area contributed by atoms with Gasteiger partial charge in [0.05, 0.1) is 0 Å². The Balaban J connectivity index is 2.41. The van der Waals surface area contributed by atoms with E-state index in [0.29, 0.717) is 11.1 Å². The summed E-state index contributed by atoms with van der Waals surface area (Å²) in [5.41, 5.74) is 0.390. The molecule has 0 bridgehead atoms. The zero-order chi connectivity index (χ0) is 12.5. The van der Waals surface area contributed by atoms with Crippen molar-refractivity contribution >= 4 is 0 Å². The number of nitrogens with one attached hydrogen (secondary N) is 1. The fourth-order valence-electron chi connectivity index (χ4n) is 2.54. The van der Waals surface area contributed by atoms with Gasteiger partial charge in [-0.15, -0.1) is 0 Å². The Hall–Kier alpha value is -0.960. The van der Waals surface area contributed by atoms with Gasteiger partial charge in [-0.2, -0.15) is 0 Å². The third-order valence-corrected chi connectivity index (χ3v) is 3.74. The highest BCUT2D eigenvalue weighted by atomic mass is 19.2. The number of benzene rings is 1. The van der Waals surface area contributed by atoms with Crippen LogP contribution in [0.15, 0.2) is 12.1 Å². The van der Waals surface area contributed by atoms with Crippen molar-refractivity contribution < 1.29 is 8.78 Å². The summed E-state index contributed by atoms with van der Waals surface area (Å²) in [6, 6.07) is 3.37. The van der Waals surface area contributed by atoms with Gasteiger partial charge in [0.15, 0.2) is 11.6 Å². The van der Waals surface area contributed by atoms with Gasteiger partial charge in [0.1, 0.15) is 0 Å². The van der Waals surface area contributed by atoms with Crippen LogP contribution in [0.4, 0.5) is 8.78 Å². The Morgan fingerprint density at radius 1 is 1.12 bits per heavy atom. The lowest BCUT2D eigenvalue weighted by atomic mass is 9.86. The van der Waals surface area contributed by atoms with Crippen LogP contribution in [0.25, 0.3) is 0 Å². The van der Waals surface area contributed by atoms with Gasteiger partial charge < -0.3 is 5.32 Å². The molecule has 1 nitrogen and oxygen atoms in total. The van der Waals surface area contributed by atoms with Crippen molar-refractivity contribution in [2.75, 3.05) is 6.54 Å². The maximum Gasteiger partial charge on any atom is 0.164 e. The van der Waals surface area contributed by atoms with E-state index in [9.17, 15) is 8.78 Å². The van der Waals surface area contributed by atoms with Gasteiger partial charge in [-0.1, -0.05) is 25.0 Å². The average molecular weight is 239 g/mol. The van der Waals surface area contributed by atoms with Crippen LogP contribution in [0.1, 0.15) is 43.7 Å². The summed E-state index contributed by atoms with van der Waals surface area (Å²) in [6.07, 6.45) is 4.16. The van der Waals surface area contributed by atoms with E-state index < -0.39 is 17.2 Å². The zero-order valence-corrected chi connectivity index (χ0v) is 10.4. The maximum absolute atomic E-state index is 14.0. The van der Waals surface area contributed by atoms with Gasteiger partial charge in [-0.05, 0) is 38.8 Å². The first-order chi connectivity index (χ1) is 8.04. The quantitative estimate of drug-likeness (QED) is 0.788. The van der Waals surface area contributed by atoms with E-state index in [4.69, 9.17) is 0 Å². The smallest absolute Gasteiger partial charge is 0.164 e. The highest BCUT2D eigenvalue weighted by Gasteiger charge is 2.31. The second-order valence-corrected chi connectivity index (χ2v) is 5.13. The molecule has 0 aliphatic carbocycles. The summed E-state index contributed by atoms with van der Waals surface area (Å²) >= 11 is 0. The predicted molar refractivity (Wildman–Crippen MR) is 64.9 cm³/mol. The largest absolute Gasteiger partial charge is 0.308 e. The van der Waals surface area contributed by atoms with Crippen LogP contribution in [0.2, 0.25) is 0 Å². The molecule has 1 aliphatic rings. The van der Waals surface area contributed by atoms with Crippen molar-refractivity contribution in [1.29, 1.82) is 0 Å². The van der Waals surface area contributed by atoms with Crippen molar-refractivity contribution in [3.05, 3.63) is 34.9 Å². The lowest BCUT2D eigenvalue weighted by Crippen LogP contribution is -2.39. The first-order valence-electron chi connectivity index (χ1n) is 6.25. The van der Waals surface area contributed by atoms with E-state index in [-0.39, 0.29) is 0 Å². The van der Waals surface area contributed by atoms with Crippen LogP contribution in [0.5, 0.6) is 0 Å². The molecule has 1 saturated heterocycles. The van der Waals surface area contributed by atoms with Crippen molar-refractivity contribution in [2.24, 2.45) is 0 Å². The number of halogens is 2. The lowest BCUT2D eigenvalue weighted by molar-refractivity contribution is 0.337. The molecule has 1 aromatic rings. The Bertz CT molecular complexity index is 407.